The predicted octanol–water partition coefficient (Wildman–Crippen LogP) is 6.43. The fourth-order valence-electron chi connectivity index (χ4n) is 3.99. The maximum absolute atomic E-state index is 2.39. The topological polar surface area (TPSA) is 0 Å². The highest BCUT2D eigenvalue weighted by Crippen LogP contribution is 2.41. The van der Waals surface area contributed by atoms with Gasteiger partial charge in [0.2, 0.25) is 0 Å². The van der Waals surface area contributed by atoms with Gasteiger partial charge in [-0.15, -0.1) is 0 Å². The van der Waals surface area contributed by atoms with E-state index in [1.807, 2.05) is 0 Å². The summed E-state index contributed by atoms with van der Waals surface area (Å²) in [6, 6.07) is 9.52. The molecule has 0 heterocycles. The van der Waals surface area contributed by atoms with Crippen LogP contribution < -0.4 is 0 Å². The van der Waals surface area contributed by atoms with Crippen LogP contribution in [0.2, 0.25) is 0 Å². The van der Waals surface area contributed by atoms with E-state index in [9.17, 15) is 0 Å². The van der Waals surface area contributed by atoms with E-state index in [1.165, 1.54) is 65.7 Å². The minimum Gasteiger partial charge on any atom is -0.0508 e. The van der Waals surface area contributed by atoms with Crippen molar-refractivity contribution in [1.29, 1.82) is 0 Å². The van der Waals surface area contributed by atoms with Crippen LogP contribution in [0, 0.1) is 41.5 Å². The summed E-state index contributed by atoms with van der Waals surface area (Å²) in [7, 11) is 0. The van der Waals surface area contributed by atoms with E-state index in [-0.39, 0.29) is 0 Å². The normalized spacial score (nSPS) is 12.1. The van der Waals surface area contributed by atoms with Crippen molar-refractivity contribution >= 4 is 32.3 Å². The van der Waals surface area contributed by atoms with Crippen molar-refractivity contribution in [1.82, 2.24) is 0 Å². The Hall–Kier alpha value is -2.08. The van der Waals surface area contributed by atoms with Gasteiger partial charge in [-0.1, -0.05) is 24.3 Å². The standard InChI is InChI=1S/C22H22/c1-11-7-17-13(3)10-20-16(6)12(2)8-18-14(4)9-19(15(11)5)21(17)22(18)20/h7-10H,1-6H3. The second kappa shape index (κ2) is 4.23. The van der Waals surface area contributed by atoms with Gasteiger partial charge in [0.15, 0.2) is 0 Å². The number of aryl methyl sites for hydroxylation is 6. The molecule has 4 aromatic rings. The van der Waals surface area contributed by atoms with Crippen LogP contribution in [0.4, 0.5) is 0 Å². The second-order valence-corrected chi connectivity index (χ2v) is 6.96. The quantitative estimate of drug-likeness (QED) is 0.326. The van der Waals surface area contributed by atoms with Gasteiger partial charge in [0.1, 0.15) is 0 Å². The SMILES string of the molecule is Cc1cc2c(C)cc3c(C)c(C)cc4c(C)cc(c1C)c2c43. The van der Waals surface area contributed by atoms with E-state index in [1.54, 1.807) is 0 Å². The zero-order chi connectivity index (χ0) is 15.8. The lowest BCUT2D eigenvalue weighted by Gasteiger charge is -2.20. The Morgan fingerprint density at radius 2 is 0.727 bits per heavy atom. The van der Waals surface area contributed by atoms with Gasteiger partial charge in [-0.05, 0) is 107 Å². The van der Waals surface area contributed by atoms with E-state index >= 15 is 0 Å². The highest BCUT2D eigenvalue weighted by molar-refractivity contribution is 6.26. The Morgan fingerprint density at radius 1 is 0.409 bits per heavy atom. The van der Waals surface area contributed by atoms with Gasteiger partial charge in [0.05, 0.1) is 0 Å². The highest BCUT2D eigenvalue weighted by atomic mass is 14.2. The number of rotatable bonds is 0. The van der Waals surface area contributed by atoms with Crippen molar-refractivity contribution in [2.45, 2.75) is 41.5 Å². The number of hydrogen-bond acceptors (Lipinski definition) is 0. The fraction of sp³-hybridized carbons (Fsp3) is 0.273. The van der Waals surface area contributed by atoms with Crippen LogP contribution >= 0.6 is 0 Å². The molecule has 0 aliphatic rings. The number of benzene rings is 4. The summed E-state index contributed by atoms with van der Waals surface area (Å²) in [5.41, 5.74) is 8.40. The molecular weight excluding hydrogens is 264 g/mol. The Morgan fingerprint density at radius 3 is 1.09 bits per heavy atom. The monoisotopic (exact) mass is 286 g/mol. The molecule has 0 atom stereocenters. The van der Waals surface area contributed by atoms with E-state index in [0.717, 1.165) is 0 Å². The molecule has 4 rings (SSSR count). The average molecular weight is 286 g/mol. The lowest BCUT2D eigenvalue weighted by atomic mass is 9.84. The third kappa shape index (κ3) is 1.53. The zero-order valence-corrected chi connectivity index (χ0v) is 14.3. The summed E-state index contributed by atoms with van der Waals surface area (Å²) in [6.45, 7) is 13.5. The minimum atomic E-state index is 1.39. The van der Waals surface area contributed by atoms with Crippen molar-refractivity contribution in [3.05, 3.63) is 57.6 Å². The highest BCUT2D eigenvalue weighted by Gasteiger charge is 2.16. The second-order valence-electron chi connectivity index (χ2n) is 6.96. The van der Waals surface area contributed by atoms with Gasteiger partial charge >= 0.3 is 0 Å². The first-order chi connectivity index (χ1) is 10.4. The third-order valence-corrected chi connectivity index (χ3v) is 5.61. The van der Waals surface area contributed by atoms with Crippen molar-refractivity contribution in [3.63, 3.8) is 0 Å². The first kappa shape index (κ1) is 13.6. The molecule has 0 aliphatic heterocycles. The summed E-state index contributed by atoms with van der Waals surface area (Å²) in [5.74, 6) is 0. The first-order valence-electron chi connectivity index (χ1n) is 8.06. The maximum atomic E-state index is 2.39. The van der Waals surface area contributed by atoms with Crippen LogP contribution in [0.1, 0.15) is 33.4 Å². The van der Waals surface area contributed by atoms with E-state index in [2.05, 4.69) is 65.8 Å². The molecule has 0 saturated carbocycles. The minimum absolute atomic E-state index is 1.39. The Bertz CT molecular complexity index is 977. The summed E-state index contributed by atoms with van der Waals surface area (Å²) in [4.78, 5) is 0. The van der Waals surface area contributed by atoms with Crippen LogP contribution in [0.25, 0.3) is 32.3 Å². The molecule has 0 heteroatoms. The molecule has 0 unspecified atom stereocenters. The van der Waals surface area contributed by atoms with Crippen molar-refractivity contribution < 1.29 is 0 Å². The molecule has 0 amide bonds. The van der Waals surface area contributed by atoms with Gasteiger partial charge in [-0.25, -0.2) is 0 Å². The molecule has 0 N–H and O–H groups in total. The molecule has 110 valence electrons. The summed E-state index contributed by atoms with van der Waals surface area (Å²) in [5, 5.41) is 8.61. The molecule has 22 heavy (non-hydrogen) atoms. The fourth-order valence-corrected chi connectivity index (χ4v) is 3.99. The third-order valence-electron chi connectivity index (χ3n) is 5.61. The molecule has 0 saturated heterocycles. The zero-order valence-electron chi connectivity index (χ0n) is 14.3. The van der Waals surface area contributed by atoms with Crippen LogP contribution in [-0.4, -0.2) is 0 Å². The van der Waals surface area contributed by atoms with Crippen LogP contribution in [0.15, 0.2) is 24.3 Å². The van der Waals surface area contributed by atoms with E-state index in [4.69, 9.17) is 0 Å². The van der Waals surface area contributed by atoms with Crippen LogP contribution in [0.5, 0.6) is 0 Å². The summed E-state index contributed by atoms with van der Waals surface area (Å²) in [6.07, 6.45) is 0. The molecule has 0 aromatic heterocycles. The van der Waals surface area contributed by atoms with E-state index in [0.29, 0.717) is 0 Å². The maximum Gasteiger partial charge on any atom is -0.00210 e. The molecule has 0 bridgehead atoms. The van der Waals surface area contributed by atoms with E-state index < -0.39 is 0 Å². The van der Waals surface area contributed by atoms with Gasteiger partial charge in [0, 0.05) is 0 Å². The lowest BCUT2D eigenvalue weighted by Crippen LogP contribution is -1.96. The smallest absolute Gasteiger partial charge is 0.00210 e. The molecule has 4 aromatic carbocycles. The number of hydrogen-bond donors (Lipinski definition) is 0. The summed E-state index contributed by atoms with van der Waals surface area (Å²) < 4.78 is 0. The lowest BCUT2D eigenvalue weighted by molar-refractivity contribution is 1.36. The van der Waals surface area contributed by atoms with Crippen LogP contribution in [-0.2, 0) is 0 Å². The molecule has 0 radical (unpaired) electrons. The Labute approximate surface area is 132 Å². The molecular formula is C22H22. The molecule has 0 nitrogen and oxygen atoms in total. The van der Waals surface area contributed by atoms with Crippen molar-refractivity contribution in [2.24, 2.45) is 0 Å². The predicted molar refractivity (Wildman–Crippen MR) is 98.6 cm³/mol. The first-order valence-corrected chi connectivity index (χ1v) is 8.06. The summed E-state index contributed by atoms with van der Waals surface area (Å²) >= 11 is 0. The van der Waals surface area contributed by atoms with Gasteiger partial charge in [-0.3, -0.25) is 0 Å². The average Bonchev–Trinajstić information content (AvgIpc) is 2.47. The molecule has 0 spiro atoms. The van der Waals surface area contributed by atoms with Crippen LogP contribution in [0.3, 0.4) is 0 Å². The van der Waals surface area contributed by atoms with Gasteiger partial charge in [0.25, 0.3) is 0 Å². The Kier molecular flexibility index (Phi) is 2.61. The molecule has 0 fully saturated rings. The molecule has 0 aliphatic carbocycles. The van der Waals surface area contributed by atoms with Gasteiger partial charge in [-0.2, -0.15) is 0 Å². The van der Waals surface area contributed by atoms with Crippen molar-refractivity contribution in [2.75, 3.05) is 0 Å². The Balaban J connectivity index is 2.49. The van der Waals surface area contributed by atoms with Crippen molar-refractivity contribution in [3.8, 4) is 0 Å². The largest absolute Gasteiger partial charge is 0.0508 e. The van der Waals surface area contributed by atoms with Gasteiger partial charge < -0.3 is 0 Å².